The van der Waals surface area contributed by atoms with Gasteiger partial charge >= 0.3 is 0 Å². The van der Waals surface area contributed by atoms with E-state index in [0.29, 0.717) is 0 Å². The molecule has 1 aromatic carbocycles. The molecule has 0 fully saturated rings. The molecule has 0 saturated heterocycles. The van der Waals surface area contributed by atoms with Gasteiger partial charge in [-0.25, -0.2) is 13.6 Å². The number of benzene rings is 1. The summed E-state index contributed by atoms with van der Waals surface area (Å²) in [7, 11) is -4.18. The molecule has 109 valence electrons. The molecule has 2 rings (SSSR count). The van der Waals surface area contributed by atoms with Gasteiger partial charge in [-0.1, -0.05) is 36.4 Å². The Morgan fingerprint density at radius 3 is 2.52 bits per heavy atom. The molecule has 1 radical (unpaired) electrons. The number of rotatable bonds is 4. The molecule has 0 saturated carbocycles. The average Bonchev–Trinajstić information content (AvgIpc) is 2.46. The number of nitro groups is 1. The van der Waals surface area contributed by atoms with Crippen LogP contribution in [0.1, 0.15) is 5.56 Å². The van der Waals surface area contributed by atoms with Crippen LogP contribution in [-0.2, 0) is 20.4 Å². The number of allylic oxidation sites excluding steroid dienone is 2. The highest BCUT2D eigenvalue weighted by molar-refractivity contribution is 7.89. The van der Waals surface area contributed by atoms with Crippen LogP contribution in [0, 0.1) is 16.0 Å². The van der Waals surface area contributed by atoms with Gasteiger partial charge in [-0.15, -0.1) is 0 Å². The minimum absolute atomic E-state index is 0.161. The number of nitrogens with two attached hydrogens (primary N) is 1. The molecule has 1 aliphatic rings. The van der Waals surface area contributed by atoms with Gasteiger partial charge in [-0.2, -0.15) is 0 Å². The van der Waals surface area contributed by atoms with Crippen LogP contribution in [0.2, 0.25) is 0 Å². The molecule has 0 amide bonds. The second-order valence-corrected chi connectivity index (χ2v) is 5.99. The van der Waals surface area contributed by atoms with Crippen LogP contribution in [0.4, 0.5) is 0 Å². The molecular formula is C13H11N2O5S. The maximum absolute atomic E-state index is 11.7. The summed E-state index contributed by atoms with van der Waals surface area (Å²) in [4.78, 5) is 21.7. The van der Waals surface area contributed by atoms with Gasteiger partial charge in [-0.3, -0.25) is 14.9 Å². The lowest BCUT2D eigenvalue weighted by molar-refractivity contribution is -0.569. The van der Waals surface area contributed by atoms with Crippen molar-refractivity contribution in [1.82, 2.24) is 0 Å². The predicted molar refractivity (Wildman–Crippen MR) is 74.0 cm³/mol. The lowest BCUT2D eigenvalue weighted by Gasteiger charge is -2.28. The number of carbonyl (C=O) groups excluding carboxylic acids is 1. The minimum atomic E-state index is -4.18. The Labute approximate surface area is 121 Å². The Morgan fingerprint density at radius 2 is 1.95 bits per heavy atom. The standard InChI is InChI=1S/C13H11N2O5S/c14-21(19,20)12-7-2-1-6-11(12)13(15(17)18)8-4-3-5-10(13)9-16/h1-8,10H,(H2,14,19,20). The molecule has 7 nitrogen and oxygen atoms in total. The molecule has 1 aromatic rings. The van der Waals surface area contributed by atoms with E-state index >= 15 is 0 Å². The maximum atomic E-state index is 11.7. The quantitative estimate of drug-likeness (QED) is 0.647. The minimum Gasteiger partial charge on any atom is -0.290 e. The molecule has 0 heterocycles. The van der Waals surface area contributed by atoms with Gasteiger partial charge in [0.1, 0.15) is 5.92 Å². The van der Waals surface area contributed by atoms with E-state index in [9.17, 15) is 23.3 Å². The fourth-order valence-corrected chi connectivity index (χ4v) is 3.14. The largest absolute Gasteiger partial charge is 0.290 e. The maximum Gasteiger partial charge on any atom is 0.280 e. The number of primary sulfonamides is 1. The van der Waals surface area contributed by atoms with Crippen LogP contribution < -0.4 is 5.14 Å². The van der Waals surface area contributed by atoms with Gasteiger partial charge in [-0.05, 0) is 12.1 Å². The zero-order chi connectivity index (χ0) is 15.7. The van der Waals surface area contributed by atoms with Crippen molar-refractivity contribution in [1.29, 1.82) is 0 Å². The third-order valence-corrected chi connectivity index (χ3v) is 4.26. The summed E-state index contributed by atoms with van der Waals surface area (Å²) in [6.07, 6.45) is 6.92. The number of hydrogen-bond acceptors (Lipinski definition) is 5. The molecule has 8 heteroatoms. The van der Waals surface area contributed by atoms with E-state index in [1.807, 2.05) is 0 Å². The Balaban J connectivity index is 2.83. The number of sulfonamides is 1. The second kappa shape index (κ2) is 5.23. The van der Waals surface area contributed by atoms with Crippen molar-refractivity contribution < 1.29 is 18.1 Å². The summed E-state index contributed by atoms with van der Waals surface area (Å²) in [5, 5.41) is 16.8. The van der Waals surface area contributed by atoms with Crippen LogP contribution in [0.25, 0.3) is 0 Å². The lowest BCUT2D eigenvalue weighted by atomic mass is 9.76. The summed E-state index contributed by atoms with van der Waals surface area (Å²) in [6, 6.07) is 5.29. The molecular weight excluding hydrogens is 296 g/mol. The van der Waals surface area contributed by atoms with Gasteiger partial charge in [0.25, 0.3) is 5.54 Å². The third kappa shape index (κ3) is 2.39. The Bertz CT molecular complexity index is 754. The van der Waals surface area contributed by atoms with Crippen molar-refractivity contribution >= 4 is 16.3 Å². The average molecular weight is 307 g/mol. The van der Waals surface area contributed by atoms with E-state index in [4.69, 9.17) is 5.14 Å². The predicted octanol–water partition coefficient (Wildman–Crippen LogP) is 0.658. The first-order valence-corrected chi connectivity index (χ1v) is 7.39. The molecule has 0 aromatic heterocycles. The van der Waals surface area contributed by atoms with E-state index in [2.05, 4.69) is 0 Å². The zero-order valence-electron chi connectivity index (χ0n) is 10.7. The first-order chi connectivity index (χ1) is 9.84. The molecule has 0 bridgehead atoms. The molecule has 0 aliphatic heterocycles. The van der Waals surface area contributed by atoms with Crippen molar-refractivity contribution in [2.75, 3.05) is 0 Å². The number of hydrogen-bond donors (Lipinski definition) is 1. The van der Waals surface area contributed by atoms with Gasteiger partial charge in [0, 0.05) is 4.92 Å². The van der Waals surface area contributed by atoms with Crippen LogP contribution >= 0.6 is 0 Å². The van der Waals surface area contributed by atoms with Crippen molar-refractivity contribution in [3.63, 3.8) is 0 Å². The van der Waals surface area contributed by atoms with E-state index in [-0.39, 0.29) is 10.5 Å². The topological polar surface area (TPSA) is 120 Å². The summed E-state index contributed by atoms with van der Waals surface area (Å²) < 4.78 is 23.3. The lowest BCUT2D eigenvalue weighted by Crippen LogP contribution is -2.43. The van der Waals surface area contributed by atoms with E-state index in [0.717, 1.165) is 0 Å². The van der Waals surface area contributed by atoms with Crippen LogP contribution in [-0.4, -0.2) is 19.6 Å². The van der Waals surface area contributed by atoms with Crippen molar-refractivity contribution in [3.05, 3.63) is 64.2 Å². The first-order valence-electron chi connectivity index (χ1n) is 5.84. The second-order valence-electron chi connectivity index (χ2n) is 4.46. The van der Waals surface area contributed by atoms with Crippen LogP contribution in [0.3, 0.4) is 0 Å². The van der Waals surface area contributed by atoms with Gasteiger partial charge in [0.15, 0.2) is 0 Å². The molecule has 2 unspecified atom stereocenters. The molecule has 2 atom stereocenters. The van der Waals surface area contributed by atoms with Gasteiger partial charge < -0.3 is 0 Å². The first kappa shape index (κ1) is 15.1. The van der Waals surface area contributed by atoms with Gasteiger partial charge in [0.05, 0.1) is 10.5 Å². The molecule has 21 heavy (non-hydrogen) atoms. The monoisotopic (exact) mass is 307 g/mol. The van der Waals surface area contributed by atoms with Gasteiger partial charge in [0.2, 0.25) is 16.3 Å². The van der Waals surface area contributed by atoms with E-state index < -0.39 is 26.4 Å². The molecule has 0 spiro atoms. The summed E-state index contributed by atoms with van der Waals surface area (Å²) in [6.45, 7) is 0. The van der Waals surface area contributed by atoms with Crippen molar-refractivity contribution in [2.45, 2.75) is 10.4 Å². The van der Waals surface area contributed by atoms with E-state index in [1.54, 1.807) is 6.29 Å². The SMILES string of the molecule is NS(=O)(=O)c1ccccc1C1([N+](=O)[O-])C=CC=CC1[C]=O. The summed E-state index contributed by atoms with van der Waals surface area (Å²) in [5.41, 5.74) is -2.20. The Hall–Kier alpha value is -2.32. The van der Waals surface area contributed by atoms with Crippen molar-refractivity contribution in [3.8, 4) is 0 Å². The van der Waals surface area contributed by atoms with Crippen molar-refractivity contribution in [2.24, 2.45) is 11.1 Å². The molecule has 2 N–H and O–H groups in total. The fourth-order valence-electron chi connectivity index (χ4n) is 2.33. The molecule has 1 aliphatic carbocycles. The normalized spacial score (nSPS) is 24.7. The Kier molecular flexibility index (Phi) is 3.75. The smallest absolute Gasteiger partial charge is 0.280 e. The Morgan fingerprint density at radius 1 is 1.29 bits per heavy atom. The van der Waals surface area contributed by atoms with Crippen LogP contribution in [0.15, 0.2) is 53.5 Å². The summed E-state index contributed by atoms with van der Waals surface area (Å²) >= 11 is 0. The summed E-state index contributed by atoms with van der Waals surface area (Å²) in [5.74, 6) is -1.25. The number of nitrogens with zero attached hydrogens (tertiary/aromatic N) is 1. The fraction of sp³-hybridized carbons (Fsp3) is 0.154. The van der Waals surface area contributed by atoms with Crippen LogP contribution in [0.5, 0.6) is 0 Å². The highest BCUT2D eigenvalue weighted by atomic mass is 32.2. The highest BCUT2D eigenvalue weighted by Gasteiger charge is 2.52. The third-order valence-electron chi connectivity index (χ3n) is 3.29. The van der Waals surface area contributed by atoms with E-state index in [1.165, 1.54) is 48.6 Å². The highest BCUT2D eigenvalue weighted by Crippen LogP contribution is 2.39. The zero-order valence-corrected chi connectivity index (χ0v) is 11.5.